The van der Waals surface area contributed by atoms with E-state index in [0.29, 0.717) is 22.0 Å². The molecule has 0 fully saturated rings. The third kappa shape index (κ3) is 2.04. The van der Waals surface area contributed by atoms with Gasteiger partial charge in [0.05, 0.1) is 19.0 Å². The Balaban J connectivity index is 2.71. The van der Waals surface area contributed by atoms with Crippen LogP contribution in [0.5, 0.6) is 5.75 Å². The summed E-state index contributed by atoms with van der Waals surface area (Å²) >= 11 is 5.94. The Hall–Kier alpha value is -2.01. The largest absolute Gasteiger partial charge is 0.496 e. The van der Waals surface area contributed by atoms with Gasteiger partial charge < -0.3 is 9.84 Å². The molecule has 2 rings (SSSR count). The van der Waals surface area contributed by atoms with Gasteiger partial charge >= 0.3 is 5.97 Å². The number of aryl methyl sites for hydroxylation is 1. The van der Waals surface area contributed by atoms with Gasteiger partial charge in [-0.15, -0.1) is 0 Å². The van der Waals surface area contributed by atoms with Crippen molar-refractivity contribution in [3.63, 3.8) is 0 Å². The van der Waals surface area contributed by atoms with Crippen LogP contribution >= 0.6 is 11.6 Å². The number of methoxy groups -OCH3 is 1. The molecule has 0 radical (unpaired) electrons. The summed E-state index contributed by atoms with van der Waals surface area (Å²) in [4.78, 5) is 11.2. The number of hydrogen-bond acceptors (Lipinski definition) is 3. The second kappa shape index (κ2) is 4.70. The molecule has 0 spiro atoms. The second-order valence-corrected chi connectivity index (χ2v) is 4.12. The van der Waals surface area contributed by atoms with E-state index in [1.807, 2.05) is 0 Å². The normalized spacial score (nSPS) is 10.4. The molecule has 2 aromatic rings. The zero-order valence-corrected chi connectivity index (χ0v) is 10.6. The van der Waals surface area contributed by atoms with Crippen molar-refractivity contribution in [2.45, 2.75) is 0 Å². The monoisotopic (exact) mass is 266 g/mol. The van der Waals surface area contributed by atoms with Crippen molar-refractivity contribution in [2.24, 2.45) is 7.05 Å². The van der Waals surface area contributed by atoms with Gasteiger partial charge in [-0.25, -0.2) is 4.79 Å². The number of rotatable bonds is 3. The van der Waals surface area contributed by atoms with Crippen molar-refractivity contribution in [3.8, 4) is 17.0 Å². The first-order valence-corrected chi connectivity index (χ1v) is 5.51. The van der Waals surface area contributed by atoms with Crippen molar-refractivity contribution < 1.29 is 14.6 Å². The van der Waals surface area contributed by atoms with Gasteiger partial charge in [0.1, 0.15) is 11.3 Å². The number of halogens is 1. The van der Waals surface area contributed by atoms with Gasteiger partial charge in [0.15, 0.2) is 0 Å². The van der Waals surface area contributed by atoms with Crippen molar-refractivity contribution in [1.29, 1.82) is 0 Å². The fourth-order valence-corrected chi connectivity index (χ4v) is 1.95. The highest BCUT2D eigenvalue weighted by molar-refractivity contribution is 6.31. The number of carboxylic acids is 1. The topological polar surface area (TPSA) is 64.3 Å². The standard InChI is InChI=1S/C12H11ClN2O3/c1-15-11(9(6-14-15)12(16)17)8-5-7(13)3-4-10(8)18-2/h3-6H,1-2H3,(H,16,17). The summed E-state index contributed by atoms with van der Waals surface area (Å²) in [6, 6.07) is 5.03. The van der Waals surface area contributed by atoms with Crippen molar-refractivity contribution in [3.05, 3.63) is 35.0 Å². The lowest BCUT2D eigenvalue weighted by atomic mass is 10.1. The van der Waals surface area contributed by atoms with E-state index >= 15 is 0 Å². The van der Waals surface area contributed by atoms with E-state index in [1.165, 1.54) is 18.0 Å². The minimum absolute atomic E-state index is 0.109. The van der Waals surface area contributed by atoms with Gasteiger partial charge in [0.2, 0.25) is 0 Å². The third-order valence-electron chi connectivity index (χ3n) is 2.59. The van der Waals surface area contributed by atoms with Gasteiger partial charge in [0, 0.05) is 17.6 Å². The van der Waals surface area contributed by atoms with E-state index in [4.69, 9.17) is 21.4 Å². The Morgan fingerprint density at radius 2 is 2.22 bits per heavy atom. The zero-order chi connectivity index (χ0) is 13.3. The molecule has 94 valence electrons. The Morgan fingerprint density at radius 3 is 2.83 bits per heavy atom. The van der Waals surface area contributed by atoms with Gasteiger partial charge in [-0.1, -0.05) is 11.6 Å². The summed E-state index contributed by atoms with van der Waals surface area (Å²) in [6.45, 7) is 0. The lowest BCUT2D eigenvalue weighted by Gasteiger charge is -2.10. The number of benzene rings is 1. The van der Waals surface area contributed by atoms with E-state index in [9.17, 15) is 4.79 Å². The number of nitrogens with zero attached hydrogens (tertiary/aromatic N) is 2. The lowest BCUT2D eigenvalue weighted by molar-refractivity contribution is 0.0697. The molecule has 0 aliphatic rings. The number of aromatic nitrogens is 2. The van der Waals surface area contributed by atoms with Crippen LogP contribution in [-0.2, 0) is 7.05 Å². The second-order valence-electron chi connectivity index (χ2n) is 3.68. The summed E-state index contributed by atoms with van der Waals surface area (Å²) in [5.74, 6) is -0.495. The number of aromatic carboxylic acids is 1. The first-order chi connectivity index (χ1) is 8.54. The molecule has 5 nitrogen and oxygen atoms in total. The smallest absolute Gasteiger partial charge is 0.339 e. The molecular formula is C12H11ClN2O3. The highest BCUT2D eigenvalue weighted by Crippen LogP contribution is 2.34. The van der Waals surface area contributed by atoms with Crippen molar-refractivity contribution in [1.82, 2.24) is 9.78 Å². The molecule has 1 aromatic heterocycles. The molecule has 0 saturated heterocycles. The van der Waals surface area contributed by atoms with Crippen molar-refractivity contribution in [2.75, 3.05) is 7.11 Å². The SMILES string of the molecule is COc1ccc(Cl)cc1-c1c(C(=O)O)cnn1C. The van der Waals surface area contributed by atoms with Gasteiger partial charge in [-0.3, -0.25) is 4.68 Å². The summed E-state index contributed by atoms with van der Waals surface area (Å²) < 4.78 is 6.70. The first kappa shape index (κ1) is 12.4. The molecule has 0 amide bonds. The average molecular weight is 267 g/mol. The molecule has 0 atom stereocenters. The van der Waals surface area contributed by atoms with Gasteiger partial charge in [-0.05, 0) is 18.2 Å². The van der Waals surface area contributed by atoms with E-state index in [0.717, 1.165) is 0 Å². The molecule has 0 unspecified atom stereocenters. The maximum Gasteiger partial charge on any atom is 0.339 e. The molecular weight excluding hydrogens is 256 g/mol. The molecule has 18 heavy (non-hydrogen) atoms. The molecule has 1 N–H and O–H groups in total. The molecule has 0 saturated carbocycles. The van der Waals surface area contributed by atoms with Crippen LogP contribution in [0.4, 0.5) is 0 Å². The van der Waals surface area contributed by atoms with Gasteiger partial charge in [0.25, 0.3) is 0 Å². The predicted octanol–water partition coefficient (Wildman–Crippen LogP) is 2.45. The zero-order valence-electron chi connectivity index (χ0n) is 9.85. The van der Waals surface area contributed by atoms with Crippen LogP contribution in [0.15, 0.2) is 24.4 Å². The number of carboxylic acid groups (broad SMARTS) is 1. The van der Waals surface area contributed by atoms with Crippen LogP contribution in [0, 0.1) is 0 Å². The highest BCUT2D eigenvalue weighted by atomic mass is 35.5. The quantitative estimate of drug-likeness (QED) is 0.927. The van der Waals surface area contributed by atoms with E-state index in [-0.39, 0.29) is 5.56 Å². The first-order valence-electron chi connectivity index (χ1n) is 5.13. The maximum atomic E-state index is 11.2. The van der Waals surface area contributed by atoms with Crippen LogP contribution in [0.2, 0.25) is 5.02 Å². The minimum atomic E-state index is -1.04. The molecule has 0 bridgehead atoms. The summed E-state index contributed by atoms with van der Waals surface area (Å²) in [6.07, 6.45) is 1.30. The van der Waals surface area contributed by atoms with E-state index in [2.05, 4.69) is 5.10 Å². The van der Waals surface area contributed by atoms with Crippen LogP contribution in [0.1, 0.15) is 10.4 Å². The fraction of sp³-hybridized carbons (Fsp3) is 0.167. The maximum absolute atomic E-state index is 11.2. The Kier molecular flexibility index (Phi) is 3.25. The predicted molar refractivity (Wildman–Crippen MR) is 67.2 cm³/mol. The third-order valence-corrected chi connectivity index (χ3v) is 2.82. The summed E-state index contributed by atoms with van der Waals surface area (Å²) in [7, 11) is 3.19. The number of ether oxygens (including phenoxy) is 1. The highest BCUT2D eigenvalue weighted by Gasteiger charge is 2.20. The Morgan fingerprint density at radius 1 is 1.50 bits per heavy atom. The number of carbonyl (C=O) groups is 1. The van der Waals surface area contributed by atoms with Crippen LogP contribution in [-0.4, -0.2) is 28.0 Å². The summed E-state index contributed by atoms with van der Waals surface area (Å²) in [5.41, 5.74) is 1.17. The number of hydrogen-bond donors (Lipinski definition) is 1. The van der Waals surface area contributed by atoms with Crippen molar-refractivity contribution >= 4 is 17.6 Å². The van der Waals surface area contributed by atoms with E-state index < -0.39 is 5.97 Å². The minimum Gasteiger partial charge on any atom is -0.496 e. The van der Waals surface area contributed by atoms with Gasteiger partial charge in [-0.2, -0.15) is 5.10 Å². The van der Waals surface area contributed by atoms with E-state index in [1.54, 1.807) is 25.2 Å². The average Bonchev–Trinajstić information content (AvgIpc) is 2.71. The summed E-state index contributed by atoms with van der Waals surface area (Å²) in [5, 5.41) is 13.6. The lowest BCUT2D eigenvalue weighted by Crippen LogP contribution is -2.02. The molecule has 0 aliphatic heterocycles. The molecule has 1 aromatic carbocycles. The Bertz CT molecular complexity index is 607. The Labute approximate surface area is 109 Å². The van der Waals surface area contributed by atoms with Crippen LogP contribution < -0.4 is 4.74 Å². The molecule has 6 heteroatoms. The molecule has 0 aliphatic carbocycles. The molecule has 1 heterocycles. The van der Waals surface area contributed by atoms with Crippen LogP contribution in [0.3, 0.4) is 0 Å². The fourth-order valence-electron chi connectivity index (χ4n) is 1.78. The van der Waals surface area contributed by atoms with Crippen LogP contribution in [0.25, 0.3) is 11.3 Å².